The van der Waals surface area contributed by atoms with Gasteiger partial charge in [-0.2, -0.15) is 15.4 Å². The van der Waals surface area contributed by atoms with E-state index in [0.29, 0.717) is 16.5 Å². The number of hydrogen-bond acceptors (Lipinski definition) is 4. The van der Waals surface area contributed by atoms with E-state index in [1.807, 2.05) is 12.1 Å². The average Bonchev–Trinajstić information content (AvgIpc) is 2.84. The standard InChI is InChI=1S/C10H11Cl2N5/c11-7-2-1-6(3-8(7)12)4-9(15-13)10-5-14-17-16-10/h1-3,5,9,15H,4,13H2,(H,14,16,17). The fourth-order valence-corrected chi connectivity index (χ4v) is 1.85. The molecule has 7 heteroatoms. The molecular formula is C10H11Cl2N5. The van der Waals surface area contributed by atoms with Crippen LogP contribution in [0.15, 0.2) is 24.4 Å². The summed E-state index contributed by atoms with van der Waals surface area (Å²) < 4.78 is 0. The molecule has 17 heavy (non-hydrogen) atoms. The third-order valence-corrected chi connectivity index (χ3v) is 3.15. The SMILES string of the molecule is NNC(Cc1ccc(Cl)c(Cl)c1)c1cn[nH]n1. The lowest BCUT2D eigenvalue weighted by Gasteiger charge is -2.13. The van der Waals surface area contributed by atoms with Crippen molar-refractivity contribution in [2.75, 3.05) is 0 Å². The number of nitrogens with one attached hydrogen (secondary N) is 2. The molecule has 4 N–H and O–H groups in total. The number of halogens is 2. The summed E-state index contributed by atoms with van der Waals surface area (Å²) in [6.45, 7) is 0. The van der Waals surface area contributed by atoms with Crippen LogP contribution < -0.4 is 11.3 Å². The van der Waals surface area contributed by atoms with Crippen molar-refractivity contribution in [1.82, 2.24) is 20.8 Å². The number of benzene rings is 1. The minimum atomic E-state index is -0.119. The molecule has 0 aliphatic rings. The number of aromatic amines is 1. The highest BCUT2D eigenvalue weighted by molar-refractivity contribution is 6.42. The summed E-state index contributed by atoms with van der Waals surface area (Å²) in [7, 11) is 0. The Labute approximate surface area is 108 Å². The Morgan fingerprint density at radius 1 is 1.35 bits per heavy atom. The summed E-state index contributed by atoms with van der Waals surface area (Å²) in [6, 6.07) is 5.36. The largest absolute Gasteiger partial charge is 0.271 e. The highest BCUT2D eigenvalue weighted by atomic mass is 35.5. The van der Waals surface area contributed by atoms with Crippen LogP contribution in [0.4, 0.5) is 0 Å². The maximum absolute atomic E-state index is 5.95. The molecule has 1 aromatic carbocycles. The molecule has 0 saturated carbocycles. The predicted molar refractivity (Wildman–Crippen MR) is 66.6 cm³/mol. The molecule has 90 valence electrons. The molecule has 0 aliphatic heterocycles. The van der Waals surface area contributed by atoms with Crippen LogP contribution in [0.1, 0.15) is 17.3 Å². The van der Waals surface area contributed by atoms with E-state index in [1.165, 1.54) is 0 Å². The monoisotopic (exact) mass is 271 g/mol. The molecule has 2 aromatic rings. The summed E-state index contributed by atoms with van der Waals surface area (Å²) in [4.78, 5) is 0. The summed E-state index contributed by atoms with van der Waals surface area (Å²) in [6.07, 6.45) is 2.28. The predicted octanol–water partition coefficient (Wildman–Crippen LogP) is 1.86. The Bertz CT molecular complexity index is 485. The first kappa shape index (κ1) is 12.3. The Kier molecular flexibility index (Phi) is 3.96. The molecule has 1 atom stereocenters. The van der Waals surface area contributed by atoms with Gasteiger partial charge in [-0.15, -0.1) is 0 Å². The summed E-state index contributed by atoms with van der Waals surface area (Å²) in [5.74, 6) is 5.49. The Morgan fingerprint density at radius 3 is 2.76 bits per heavy atom. The normalized spacial score (nSPS) is 12.6. The maximum Gasteiger partial charge on any atom is 0.101 e. The van der Waals surface area contributed by atoms with E-state index < -0.39 is 0 Å². The second kappa shape index (κ2) is 5.46. The smallest absolute Gasteiger partial charge is 0.101 e. The number of nitrogens with two attached hydrogens (primary N) is 1. The first-order valence-electron chi connectivity index (χ1n) is 4.96. The zero-order valence-electron chi connectivity index (χ0n) is 8.82. The van der Waals surface area contributed by atoms with Gasteiger partial charge in [0.25, 0.3) is 0 Å². The molecule has 0 radical (unpaired) electrons. The molecule has 1 heterocycles. The van der Waals surface area contributed by atoms with E-state index in [1.54, 1.807) is 12.3 Å². The third-order valence-electron chi connectivity index (χ3n) is 2.42. The van der Waals surface area contributed by atoms with E-state index in [2.05, 4.69) is 20.8 Å². The molecule has 1 unspecified atom stereocenters. The van der Waals surface area contributed by atoms with E-state index in [9.17, 15) is 0 Å². The summed E-state index contributed by atoms with van der Waals surface area (Å²) >= 11 is 11.8. The molecule has 5 nitrogen and oxygen atoms in total. The first-order chi connectivity index (χ1) is 8.20. The van der Waals surface area contributed by atoms with E-state index in [-0.39, 0.29) is 6.04 Å². The molecule has 0 fully saturated rings. The Hall–Kier alpha value is -1.14. The second-order valence-electron chi connectivity index (χ2n) is 3.57. The van der Waals surface area contributed by atoms with Crippen LogP contribution in [0.5, 0.6) is 0 Å². The van der Waals surface area contributed by atoms with Crippen molar-refractivity contribution in [3.8, 4) is 0 Å². The highest BCUT2D eigenvalue weighted by Gasteiger charge is 2.13. The van der Waals surface area contributed by atoms with Crippen LogP contribution in [0.3, 0.4) is 0 Å². The quantitative estimate of drug-likeness (QED) is 0.586. The average molecular weight is 272 g/mol. The molecule has 2 rings (SSSR count). The molecule has 0 spiro atoms. The molecular weight excluding hydrogens is 261 g/mol. The number of aromatic nitrogens is 3. The van der Waals surface area contributed by atoms with Gasteiger partial charge >= 0.3 is 0 Å². The summed E-state index contributed by atoms with van der Waals surface area (Å²) in [5.41, 5.74) is 4.46. The number of hydrogen-bond donors (Lipinski definition) is 3. The van der Waals surface area contributed by atoms with Gasteiger partial charge in [0.2, 0.25) is 0 Å². The number of H-pyrrole nitrogens is 1. The zero-order valence-corrected chi connectivity index (χ0v) is 10.3. The van der Waals surface area contributed by atoms with Crippen molar-refractivity contribution in [1.29, 1.82) is 0 Å². The Morgan fingerprint density at radius 2 is 2.18 bits per heavy atom. The van der Waals surface area contributed by atoms with Gasteiger partial charge in [-0.25, -0.2) is 0 Å². The lowest BCUT2D eigenvalue weighted by Crippen LogP contribution is -2.29. The number of hydrazine groups is 1. The Balaban J connectivity index is 2.16. The van der Waals surface area contributed by atoms with Gasteiger partial charge in [0, 0.05) is 0 Å². The van der Waals surface area contributed by atoms with E-state index in [4.69, 9.17) is 29.0 Å². The second-order valence-corrected chi connectivity index (χ2v) is 4.38. The van der Waals surface area contributed by atoms with E-state index in [0.717, 1.165) is 11.3 Å². The van der Waals surface area contributed by atoms with Crippen molar-refractivity contribution in [3.63, 3.8) is 0 Å². The minimum absolute atomic E-state index is 0.119. The van der Waals surface area contributed by atoms with Crippen molar-refractivity contribution >= 4 is 23.2 Å². The van der Waals surface area contributed by atoms with Crippen molar-refractivity contribution in [3.05, 3.63) is 45.7 Å². The maximum atomic E-state index is 5.95. The van der Waals surface area contributed by atoms with Crippen LogP contribution in [0.2, 0.25) is 10.0 Å². The van der Waals surface area contributed by atoms with Crippen LogP contribution in [0, 0.1) is 0 Å². The fourth-order valence-electron chi connectivity index (χ4n) is 1.53. The van der Waals surface area contributed by atoms with Gasteiger partial charge in [0.15, 0.2) is 0 Å². The van der Waals surface area contributed by atoms with E-state index >= 15 is 0 Å². The van der Waals surface area contributed by atoms with Crippen LogP contribution in [0.25, 0.3) is 0 Å². The molecule has 0 bridgehead atoms. The molecule has 0 saturated heterocycles. The van der Waals surface area contributed by atoms with Crippen molar-refractivity contribution < 1.29 is 0 Å². The van der Waals surface area contributed by atoms with Gasteiger partial charge in [0.05, 0.1) is 22.3 Å². The van der Waals surface area contributed by atoms with Gasteiger partial charge in [0.1, 0.15) is 5.69 Å². The molecule has 0 amide bonds. The first-order valence-corrected chi connectivity index (χ1v) is 5.72. The van der Waals surface area contributed by atoms with Crippen LogP contribution in [-0.4, -0.2) is 15.4 Å². The fraction of sp³-hybridized carbons (Fsp3) is 0.200. The lowest BCUT2D eigenvalue weighted by atomic mass is 10.0. The van der Waals surface area contributed by atoms with Crippen molar-refractivity contribution in [2.24, 2.45) is 5.84 Å². The highest BCUT2D eigenvalue weighted by Crippen LogP contribution is 2.24. The van der Waals surface area contributed by atoms with Crippen molar-refractivity contribution in [2.45, 2.75) is 12.5 Å². The van der Waals surface area contributed by atoms with Crippen LogP contribution >= 0.6 is 23.2 Å². The van der Waals surface area contributed by atoms with Gasteiger partial charge in [-0.05, 0) is 24.1 Å². The number of nitrogens with zero attached hydrogens (tertiary/aromatic N) is 2. The van der Waals surface area contributed by atoms with Gasteiger partial charge in [-0.1, -0.05) is 29.3 Å². The molecule has 0 aliphatic carbocycles. The van der Waals surface area contributed by atoms with Crippen LogP contribution in [-0.2, 0) is 6.42 Å². The zero-order chi connectivity index (χ0) is 12.3. The molecule has 1 aromatic heterocycles. The van der Waals surface area contributed by atoms with Gasteiger partial charge in [-0.3, -0.25) is 11.3 Å². The van der Waals surface area contributed by atoms with Gasteiger partial charge < -0.3 is 0 Å². The topological polar surface area (TPSA) is 79.6 Å². The number of rotatable bonds is 4. The third kappa shape index (κ3) is 2.95. The minimum Gasteiger partial charge on any atom is -0.271 e. The summed E-state index contributed by atoms with van der Waals surface area (Å²) in [5, 5.41) is 11.3. The lowest BCUT2D eigenvalue weighted by molar-refractivity contribution is 0.537.